The van der Waals surface area contributed by atoms with Crippen molar-refractivity contribution in [1.29, 1.82) is 0 Å². The highest BCUT2D eigenvalue weighted by molar-refractivity contribution is 8.18. The van der Waals surface area contributed by atoms with Crippen molar-refractivity contribution in [3.8, 4) is 5.75 Å². The Labute approximate surface area is 127 Å². The van der Waals surface area contributed by atoms with Crippen LogP contribution in [0.2, 0.25) is 0 Å². The van der Waals surface area contributed by atoms with Gasteiger partial charge in [-0.05, 0) is 48.9 Å². The molecule has 0 aliphatic carbocycles. The summed E-state index contributed by atoms with van der Waals surface area (Å²) >= 11 is 0.842. The molecule has 0 bridgehead atoms. The van der Waals surface area contributed by atoms with Gasteiger partial charge in [0.25, 0.3) is 11.1 Å². The van der Waals surface area contributed by atoms with Gasteiger partial charge in [0.1, 0.15) is 11.5 Å². The third-order valence-electron chi connectivity index (χ3n) is 2.98. The molecule has 1 aromatic rings. The number of aryl methyl sites for hydroxylation is 1. The van der Waals surface area contributed by atoms with Crippen molar-refractivity contribution < 1.29 is 19.1 Å². The Hall–Kier alpha value is -2.08. The van der Waals surface area contributed by atoms with E-state index >= 15 is 0 Å². The van der Waals surface area contributed by atoms with Crippen LogP contribution in [0, 0.1) is 6.92 Å². The van der Waals surface area contributed by atoms with Gasteiger partial charge >= 0.3 is 0 Å². The predicted molar refractivity (Wildman–Crippen MR) is 81.1 cm³/mol. The number of rotatable bonds is 4. The zero-order valence-electron chi connectivity index (χ0n) is 12.0. The molecule has 5 nitrogen and oxygen atoms in total. The maximum atomic E-state index is 12.1. The quantitative estimate of drug-likeness (QED) is 0.800. The smallest absolute Gasteiger partial charge is 0.293 e. The van der Waals surface area contributed by atoms with Crippen molar-refractivity contribution in [3.63, 3.8) is 0 Å². The van der Waals surface area contributed by atoms with Crippen LogP contribution in [0.15, 0.2) is 23.1 Å². The fourth-order valence-electron chi connectivity index (χ4n) is 1.94. The molecule has 1 aliphatic heterocycles. The van der Waals surface area contributed by atoms with E-state index in [4.69, 9.17) is 4.74 Å². The van der Waals surface area contributed by atoms with Crippen LogP contribution < -0.4 is 4.74 Å². The number of methoxy groups -OCH3 is 1. The number of Topliss-reactive ketones (excluding diaryl/α,β-unsaturated/α-hetero) is 1. The van der Waals surface area contributed by atoms with Gasteiger partial charge in [0.2, 0.25) is 0 Å². The van der Waals surface area contributed by atoms with E-state index in [0.717, 1.165) is 27.8 Å². The van der Waals surface area contributed by atoms with E-state index in [0.29, 0.717) is 10.7 Å². The Bertz CT molecular complexity index is 651. The minimum absolute atomic E-state index is 0.181. The first-order valence-electron chi connectivity index (χ1n) is 6.32. The summed E-state index contributed by atoms with van der Waals surface area (Å²) in [7, 11) is 1.58. The van der Waals surface area contributed by atoms with E-state index in [1.54, 1.807) is 19.3 Å². The highest BCUT2D eigenvalue weighted by Crippen LogP contribution is 2.32. The molecule has 0 aromatic heterocycles. The molecule has 0 radical (unpaired) electrons. The second-order valence-electron chi connectivity index (χ2n) is 4.70. The van der Waals surface area contributed by atoms with Crippen molar-refractivity contribution in [2.24, 2.45) is 0 Å². The third kappa shape index (κ3) is 3.33. The molecule has 1 aromatic carbocycles. The Kier molecular flexibility index (Phi) is 4.47. The topological polar surface area (TPSA) is 63.7 Å². The number of carbonyl (C=O) groups is 3. The summed E-state index contributed by atoms with van der Waals surface area (Å²) in [5.41, 5.74) is 1.75. The van der Waals surface area contributed by atoms with E-state index in [9.17, 15) is 14.4 Å². The van der Waals surface area contributed by atoms with Crippen LogP contribution in [0.1, 0.15) is 18.1 Å². The van der Waals surface area contributed by atoms with Crippen molar-refractivity contribution in [1.82, 2.24) is 4.90 Å². The maximum Gasteiger partial charge on any atom is 0.293 e. The highest BCUT2D eigenvalue weighted by atomic mass is 32.2. The Morgan fingerprint density at radius 2 is 2.10 bits per heavy atom. The number of benzene rings is 1. The number of amides is 2. The number of hydrogen-bond donors (Lipinski definition) is 0. The minimum atomic E-state index is -0.431. The van der Waals surface area contributed by atoms with Crippen LogP contribution in [0.25, 0.3) is 6.08 Å². The van der Waals surface area contributed by atoms with Gasteiger partial charge in [0.05, 0.1) is 18.6 Å². The van der Waals surface area contributed by atoms with Gasteiger partial charge in [-0.25, -0.2) is 0 Å². The van der Waals surface area contributed by atoms with Crippen LogP contribution in [0.5, 0.6) is 5.75 Å². The van der Waals surface area contributed by atoms with Gasteiger partial charge in [0, 0.05) is 0 Å². The first-order valence-corrected chi connectivity index (χ1v) is 7.13. The summed E-state index contributed by atoms with van der Waals surface area (Å²) in [5.74, 6) is 0.0574. The number of carbonyl (C=O) groups excluding carboxylic acids is 3. The normalized spacial score (nSPS) is 16.7. The molecule has 0 N–H and O–H groups in total. The minimum Gasteiger partial charge on any atom is -0.496 e. The fourth-order valence-corrected chi connectivity index (χ4v) is 2.78. The number of nitrogens with zero attached hydrogens (tertiary/aromatic N) is 1. The largest absolute Gasteiger partial charge is 0.496 e. The molecule has 6 heteroatoms. The maximum absolute atomic E-state index is 12.1. The van der Waals surface area contributed by atoms with E-state index < -0.39 is 11.1 Å². The molecule has 1 saturated heterocycles. The Morgan fingerprint density at radius 3 is 2.71 bits per heavy atom. The number of ether oxygens (including phenoxy) is 1. The summed E-state index contributed by atoms with van der Waals surface area (Å²) in [6, 6.07) is 5.52. The van der Waals surface area contributed by atoms with Crippen LogP contribution in [0.4, 0.5) is 4.79 Å². The monoisotopic (exact) mass is 305 g/mol. The van der Waals surface area contributed by atoms with Crippen LogP contribution in [0.3, 0.4) is 0 Å². The average molecular weight is 305 g/mol. The molecule has 0 unspecified atom stereocenters. The number of thioether (sulfide) groups is 1. The van der Waals surface area contributed by atoms with E-state index in [1.807, 2.05) is 19.1 Å². The molecule has 1 fully saturated rings. The first kappa shape index (κ1) is 15.3. The van der Waals surface area contributed by atoms with Crippen molar-refractivity contribution in [2.45, 2.75) is 13.8 Å². The van der Waals surface area contributed by atoms with E-state index in [-0.39, 0.29) is 12.3 Å². The Morgan fingerprint density at radius 1 is 1.38 bits per heavy atom. The standard InChI is InChI=1S/C15H15NO4S/c1-9-4-5-11(6-12(9)20-3)7-13-14(18)16(8-10(2)17)15(19)21-13/h4-7H,8H2,1-3H3/b13-7-. The third-order valence-corrected chi connectivity index (χ3v) is 3.89. The molecule has 0 atom stereocenters. The Balaban J connectivity index is 2.28. The summed E-state index contributed by atoms with van der Waals surface area (Å²) in [4.78, 5) is 36.2. The van der Waals surface area contributed by atoms with Gasteiger partial charge in [-0.3, -0.25) is 19.3 Å². The van der Waals surface area contributed by atoms with Gasteiger partial charge < -0.3 is 4.74 Å². The molecule has 0 spiro atoms. The summed E-state index contributed by atoms with van der Waals surface area (Å²) in [6.07, 6.45) is 1.63. The van der Waals surface area contributed by atoms with Gasteiger partial charge in [-0.1, -0.05) is 12.1 Å². The molecule has 1 heterocycles. The average Bonchev–Trinajstić information content (AvgIpc) is 2.68. The molecule has 2 rings (SSSR count). The van der Waals surface area contributed by atoms with Crippen LogP contribution in [-0.2, 0) is 9.59 Å². The van der Waals surface area contributed by atoms with Gasteiger partial charge in [-0.15, -0.1) is 0 Å². The zero-order chi connectivity index (χ0) is 15.6. The molecule has 2 amide bonds. The first-order chi connectivity index (χ1) is 9.92. The summed E-state index contributed by atoms with van der Waals surface area (Å²) < 4.78 is 5.23. The second-order valence-corrected chi connectivity index (χ2v) is 5.69. The molecule has 110 valence electrons. The van der Waals surface area contributed by atoms with Crippen LogP contribution in [-0.4, -0.2) is 35.5 Å². The molecule has 0 saturated carbocycles. The number of ketones is 1. The lowest BCUT2D eigenvalue weighted by Crippen LogP contribution is -2.32. The lowest BCUT2D eigenvalue weighted by molar-refractivity contribution is -0.127. The van der Waals surface area contributed by atoms with Crippen molar-refractivity contribution in [2.75, 3.05) is 13.7 Å². The number of hydrogen-bond acceptors (Lipinski definition) is 5. The SMILES string of the molecule is COc1cc(/C=C2\SC(=O)N(CC(C)=O)C2=O)ccc1C. The van der Waals surface area contributed by atoms with Crippen molar-refractivity contribution >= 4 is 34.8 Å². The molecular formula is C15H15NO4S. The zero-order valence-corrected chi connectivity index (χ0v) is 12.8. The summed E-state index contributed by atoms with van der Waals surface area (Å²) in [6.45, 7) is 3.08. The van der Waals surface area contributed by atoms with Gasteiger partial charge in [0.15, 0.2) is 0 Å². The molecule has 21 heavy (non-hydrogen) atoms. The molecule has 1 aliphatic rings. The van der Waals surface area contributed by atoms with Gasteiger partial charge in [-0.2, -0.15) is 0 Å². The lowest BCUT2D eigenvalue weighted by Gasteiger charge is -2.09. The predicted octanol–water partition coefficient (Wildman–Crippen LogP) is 2.63. The number of imide groups is 1. The van der Waals surface area contributed by atoms with Crippen LogP contribution >= 0.6 is 11.8 Å². The van der Waals surface area contributed by atoms with Crippen molar-refractivity contribution in [3.05, 3.63) is 34.2 Å². The summed E-state index contributed by atoms with van der Waals surface area (Å²) in [5, 5.41) is -0.416. The second kappa shape index (κ2) is 6.13. The molecular weight excluding hydrogens is 290 g/mol. The van der Waals surface area contributed by atoms with E-state index in [1.165, 1.54) is 6.92 Å². The fraction of sp³-hybridized carbons (Fsp3) is 0.267. The van der Waals surface area contributed by atoms with E-state index in [2.05, 4.69) is 0 Å². The highest BCUT2D eigenvalue weighted by Gasteiger charge is 2.35. The lowest BCUT2D eigenvalue weighted by atomic mass is 10.1.